The third-order valence-electron chi connectivity index (χ3n) is 3.92. The molecular weight excluding hydrogens is 180 g/mol. The molecule has 0 amide bonds. The van der Waals surface area contributed by atoms with Gasteiger partial charge in [-0.15, -0.1) is 0 Å². The first-order chi connectivity index (χ1) is 6.64. The van der Waals surface area contributed by atoms with Gasteiger partial charge in [0.25, 0.3) is 0 Å². The average molecular weight is 196 g/mol. The molecular formula is C11H16O3. The SMILES string of the molecule is CCCC[C@]12C(=O)CC[C@@H]1[C@@H]2C(=O)O. The molecule has 0 radical (unpaired) electrons. The van der Waals surface area contributed by atoms with Crippen LogP contribution in [0.15, 0.2) is 0 Å². The van der Waals surface area contributed by atoms with Crippen LogP contribution in [0.5, 0.6) is 0 Å². The molecule has 2 aliphatic rings. The highest BCUT2D eigenvalue weighted by molar-refractivity contribution is 5.98. The summed E-state index contributed by atoms with van der Waals surface area (Å²) in [7, 11) is 0. The Balaban J connectivity index is 2.13. The van der Waals surface area contributed by atoms with Gasteiger partial charge in [0.05, 0.1) is 5.92 Å². The molecule has 2 rings (SSSR count). The zero-order valence-electron chi connectivity index (χ0n) is 8.45. The summed E-state index contributed by atoms with van der Waals surface area (Å²) >= 11 is 0. The van der Waals surface area contributed by atoms with Crippen molar-refractivity contribution in [1.82, 2.24) is 0 Å². The highest BCUT2D eigenvalue weighted by Crippen LogP contribution is 2.68. The van der Waals surface area contributed by atoms with Gasteiger partial charge in [-0.1, -0.05) is 19.8 Å². The number of hydrogen-bond acceptors (Lipinski definition) is 2. The Hall–Kier alpha value is -0.860. The van der Waals surface area contributed by atoms with E-state index in [0.29, 0.717) is 6.42 Å². The van der Waals surface area contributed by atoms with Gasteiger partial charge in [-0.2, -0.15) is 0 Å². The van der Waals surface area contributed by atoms with E-state index in [0.717, 1.165) is 25.7 Å². The van der Waals surface area contributed by atoms with Crippen LogP contribution in [0.2, 0.25) is 0 Å². The largest absolute Gasteiger partial charge is 0.481 e. The topological polar surface area (TPSA) is 54.4 Å². The van der Waals surface area contributed by atoms with Crippen molar-refractivity contribution in [2.75, 3.05) is 0 Å². The number of hydrogen-bond donors (Lipinski definition) is 1. The van der Waals surface area contributed by atoms with Crippen LogP contribution in [0.3, 0.4) is 0 Å². The third kappa shape index (κ3) is 1.04. The van der Waals surface area contributed by atoms with Crippen LogP contribution in [0.25, 0.3) is 0 Å². The minimum atomic E-state index is -0.765. The van der Waals surface area contributed by atoms with Crippen molar-refractivity contribution < 1.29 is 14.7 Å². The summed E-state index contributed by atoms with van der Waals surface area (Å²) in [6, 6.07) is 0. The number of rotatable bonds is 4. The second kappa shape index (κ2) is 3.07. The molecule has 0 aromatic heterocycles. The van der Waals surface area contributed by atoms with Gasteiger partial charge in [-0.25, -0.2) is 0 Å². The number of carboxylic acid groups (broad SMARTS) is 1. The lowest BCUT2D eigenvalue weighted by atomic mass is 9.92. The van der Waals surface area contributed by atoms with Crippen LogP contribution in [0, 0.1) is 17.3 Å². The van der Waals surface area contributed by atoms with E-state index in [1.807, 2.05) is 0 Å². The van der Waals surface area contributed by atoms with Crippen molar-refractivity contribution in [2.45, 2.75) is 39.0 Å². The van der Waals surface area contributed by atoms with Crippen molar-refractivity contribution >= 4 is 11.8 Å². The lowest BCUT2D eigenvalue weighted by molar-refractivity contribution is -0.142. The molecule has 0 unspecified atom stereocenters. The second-order valence-corrected chi connectivity index (χ2v) is 4.53. The summed E-state index contributed by atoms with van der Waals surface area (Å²) in [5, 5.41) is 8.99. The van der Waals surface area contributed by atoms with E-state index in [4.69, 9.17) is 5.11 Å². The number of aliphatic carboxylic acids is 1. The van der Waals surface area contributed by atoms with Crippen molar-refractivity contribution in [3.63, 3.8) is 0 Å². The van der Waals surface area contributed by atoms with Gasteiger partial charge < -0.3 is 5.11 Å². The normalized spacial score (nSPS) is 39.6. The summed E-state index contributed by atoms with van der Waals surface area (Å²) < 4.78 is 0. The van der Waals surface area contributed by atoms with Gasteiger partial charge in [0.15, 0.2) is 0 Å². The monoisotopic (exact) mass is 196 g/mol. The predicted octanol–water partition coefficient (Wildman–Crippen LogP) is 1.86. The average Bonchev–Trinajstić information content (AvgIpc) is 2.71. The molecule has 2 saturated carbocycles. The number of unbranched alkanes of at least 4 members (excludes halogenated alkanes) is 1. The molecule has 0 aromatic carbocycles. The molecule has 0 aliphatic heterocycles. The first-order valence-electron chi connectivity index (χ1n) is 5.40. The first-order valence-corrected chi connectivity index (χ1v) is 5.40. The zero-order chi connectivity index (χ0) is 10.3. The van der Waals surface area contributed by atoms with E-state index < -0.39 is 11.4 Å². The Labute approximate surface area is 83.5 Å². The lowest BCUT2D eigenvalue weighted by Crippen LogP contribution is -2.19. The summed E-state index contributed by atoms with van der Waals surface area (Å²) in [4.78, 5) is 22.6. The van der Waals surface area contributed by atoms with Gasteiger partial charge in [0.1, 0.15) is 5.78 Å². The van der Waals surface area contributed by atoms with Crippen molar-refractivity contribution in [1.29, 1.82) is 0 Å². The number of carbonyl (C=O) groups excluding carboxylic acids is 1. The van der Waals surface area contributed by atoms with Gasteiger partial charge in [0.2, 0.25) is 0 Å². The number of Topliss-reactive ketones (excluding diaryl/α,β-unsaturated/α-hetero) is 1. The maximum atomic E-state index is 11.7. The van der Waals surface area contributed by atoms with Crippen LogP contribution in [0.4, 0.5) is 0 Å². The Bertz CT molecular complexity index is 284. The molecule has 14 heavy (non-hydrogen) atoms. The number of carbonyl (C=O) groups is 2. The van der Waals surface area contributed by atoms with Gasteiger partial charge in [-0.05, 0) is 18.8 Å². The molecule has 3 heteroatoms. The molecule has 0 spiro atoms. The van der Waals surface area contributed by atoms with Crippen LogP contribution < -0.4 is 0 Å². The van der Waals surface area contributed by atoms with E-state index in [2.05, 4.69) is 6.92 Å². The highest BCUT2D eigenvalue weighted by atomic mass is 16.4. The molecule has 0 bridgehead atoms. The van der Waals surface area contributed by atoms with Gasteiger partial charge in [-0.3, -0.25) is 9.59 Å². The van der Waals surface area contributed by atoms with E-state index in [9.17, 15) is 9.59 Å². The minimum absolute atomic E-state index is 0.166. The quantitative estimate of drug-likeness (QED) is 0.746. The van der Waals surface area contributed by atoms with E-state index in [1.165, 1.54) is 0 Å². The van der Waals surface area contributed by atoms with E-state index >= 15 is 0 Å². The van der Waals surface area contributed by atoms with E-state index in [1.54, 1.807) is 0 Å². The predicted molar refractivity (Wildman–Crippen MR) is 50.8 cm³/mol. The van der Waals surface area contributed by atoms with E-state index in [-0.39, 0.29) is 17.6 Å². The standard InChI is InChI=1S/C11H16O3/c1-2-3-6-11-7(4-5-8(11)12)9(11)10(13)14/h7,9H,2-6H2,1H3,(H,13,14)/t7-,9-,11-/m1/s1. The first kappa shape index (κ1) is 9.69. The summed E-state index contributed by atoms with van der Waals surface area (Å²) in [6.45, 7) is 2.07. The molecule has 2 fully saturated rings. The maximum absolute atomic E-state index is 11.7. The summed E-state index contributed by atoms with van der Waals surface area (Å²) in [6.07, 6.45) is 4.22. The van der Waals surface area contributed by atoms with Crippen LogP contribution >= 0.6 is 0 Å². The molecule has 2 aliphatic carbocycles. The third-order valence-corrected chi connectivity index (χ3v) is 3.92. The van der Waals surface area contributed by atoms with Crippen molar-refractivity contribution in [3.05, 3.63) is 0 Å². The number of carboxylic acids is 1. The Morgan fingerprint density at radius 2 is 2.36 bits per heavy atom. The Kier molecular flexibility index (Phi) is 2.13. The second-order valence-electron chi connectivity index (χ2n) is 4.53. The highest BCUT2D eigenvalue weighted by Gasteiger charge is 2.73. The minimum Gasteiger partial charge on any atom is -0.481 e. The van der Waals surface area contributed by atoms with Crippen LogP contribution in [-0.4, -0.2) is 16.9 Å². The summed E-state index contributed by atoms with van der Waals surface area (Å²) in [5.74, 6) is -0.739. The molecule has 3 atom stereocenters. The molecule has 1 N–H and O–H groups in total. The van der Waals surface area contributed by atoms with Gasteiger partial charge >= 0.3 is 5.97 Å². The zero-order valence-corrected chi connectivity index (χ0v) is 8.45. The fourth-order valence-electron chi connectivity index (χ4n) is 3.18. The van der Waals surface area contributed by atoms with Gasteiger partial charge in [0, 0.05) is 11.8 Å². The Morgan fingerprint density at radius 3 is 2.86 bits per heavy atom. The maximum Gasteiger partial charge on any atom is 0.307 e. The van der Waals surface area contributed by atoms with Crippen LogP contribution in [-0.2, 0) is 9.59 Å². The molecule has 0 saturated heterocycles. The molecule has 0 heterocycles. The fraction of sp³-hybridized carbons (Fsp3) is 0.818. The van der Waals surface area contributed by atoms with Crippen LogP contribution in [0.1, 0.15) is 39.0 Å². The molecule has 3 nitrogen and oxygen atoms in total. The molecule has 78 valence electrons. The van der Waals surface area contributed by atoms with Crippen molar-refractivity contribution in [3.8, 4) is 0 Å². The lowest BCUT2D eigenvalue weighted by Gasteiger charge is -2.10. The Morgan fingerprint density at radius 1 is 1.64 bits per heavy atom. The molecule has 0 aromatic rings. The number of fused-ring (bicyclic) bond motifs is 1. The summed E-state index contributed by atoms with van der Waals surface area (Å²) in [5.41, 5.74) is -0.429. The fourth-order valence-corrected chi connectivity index (χ4v) is 3.18. The smallest absolute Gasteiger partial charge is 0.307 e. The van der Waals surface area contributed by atoms with Crippen molar-refractivity contribution in [2.24, 2.45) is 17.3 Å². The number of ketones is 1.